The van der Waals surface area contributed by atoms with Crippen molar-refractivity contribution in [1.29, 1.82) is 0 Å². The van der Waals surface area contributed by atoms with Crippen LogP contribution in [0.5, 0.6) is 0 Å². The standard InChI is InChI=1S/C36H23NS2/c1-4-15-30-24(9-1)29-21-22(23-12-7-13-27-25-10-2-5-17-33(25)38-35(23)27)19-20-31(29)37(30)32-16-8-14-28-26-11-3-6-18-34(26)39-36(28)32/h1-21,28,36H. The Morgan fingerprint density at radius 2 is 1.44 bits per heavy atom. The summed E-state index contributed by atoms with van der Waals surface area (Å²) >= 11 is 3.91. The summed E-state index contributed by atoms with van der Waals surface area (Å²) in [6.07, 6.45) is 6.97. The van der Waals surface area contributed by atoms with Crippen molar-refractivity contribution in [3.8, 4) is 11.1 Å². The summed E-state index contributed by atoms with van der Waals surface area (Å²) in [4.78, 5) is 1.41. The van der Waals surface area contributed by atoms with Crippen molar-refractivity contribution >= 4 is 70.8 Å². The first-order chi connectivity index (χ1) is 19.3. The molecule has 9 rings (SSSR count). The number of benzene rings is 5. The normalized spacial score (nSPS) is 18.2. The average Bonchev–Trinajstić information content (AvgIpc) is 3.66. The summed E-state index contributed by atoms with van der Waals surface area (Å²) in [5, 5.41) is 5.69. The van der Waals surface area contributed by atoms with Gasteiger partial charge in [0.1, 0.15) is 0 Å². The molecule has 1 nitrogen and oxygen atoms in total. The van der Waals surface area contributed by atoms with Crippen LogP contribution in [0.3, 0.4) is 0 Å². The lowest BCUT2D eigenvalue weighted by Gasteiger charge is -2.25. The minimum Gasteiger partial charge on any atom is -0.312 e. The fourth-order valence-electron chi connectivity index (χ4n) is 6.65. The topological polar surface area (TPSA) is 4.93 Å². The van der Waals surface area contributed by atoms with E-state index in [0.29, 0.717) is 11.2 Å². The minimum absolute atomic E-state index is 0.373. The average molecular weight is 534 g/mol. The van der Waals surface area contributed by atoms with E-state index in [-0.39, 0.29) is 0 Å². The number of allylic oxidation sites excluding steroid dienone is 3. The quantitative estimate of drug-likeness (QED) is 0.214. The van der Waals surface area contributed by atoms with Crippen molar-refractivity contribution in [3.63, 3.8) is 0 Å². The minimum atomic E-state index is 0.373. The van der Waals surface area contributed by atoms with Crippen LogP contribution in [0.15, 0.2) is 132 Å². The van der Waals surface area contributed by atoms with Crippen LogP contribution >= 0.6 is 23.1 Å². The first-order valence-corrected chi connectivity index (χ1v) is 15.1. The van der Waals surface area contributed by atoms with Crippen molar-refractivity contribution in [2.45, 2.75) is 16.1 Å². The Balaban J connectivity index is 1.26. The number of thiophene rings is 1. The van der Waals surface area contributed by atoms with E-state index >= 15 is 0 Å². The van der Waals surface area contributed by atoms with Crippen molar-refractivity contribution in [2.24, 2.45) is 0 Å². The smallest absolute Gasteiger partial charge is 0.0604 e. The maximum absolute atomic E-state index is 2.52. The Labute approximate surface area is 234 Å². The second-order valence-corrected chi connectivity index (χ2v) is 12.7. The van der Waals surface area contributed by atoms with Gasteiger partial charge < -0.3 is 4.57 Å². The van der Waals surface area contributed by atoms with Crippen LogP contribution in [0.4, 0.5) is 0 Å². The molecule has 3 heterocycles. The molecule has 2 unspecified atom stereocenters. The molecule has 0 N–H and O–H groups in total. The zero-order valence-corrected chi connectivity index (χ0v) is 22.7. The third-order valence-corrected chi connectivity index (χ3v) is 11.0. The number of rotatable bonds is 2. The highest BCUT2D eigenvalue weighted by Gasteiger charge is 2.36. The largest absolute Gasteiger partial charge is 0.312 e. The second kappa shape index (κ2) is 8.22. The Bertz CT molecular complexity index is 2170. The molecule has 0 saturated carbocycles. The van der Waals surface area contributed by atoms with Crippen LogP contribution in [0.25, 0.3) is 58.8 Å². The van der Waals surface area contributed by atoms with E-state index in [1.54, 1.807) is 0 Å². The molecule has 0 bridgehead atoms. The lowest BCUT2D eigenvalue weighted by Crippen LogP contribution is -2.17. The number of nitrogens with zero attached hydrogens (tertiary/aromatic N) is 1. The summed E-state index contributed by atoms with van der Waals surface area (Å²) in [7, 11) is 0. The first-order valence-electron chi connectivity index (χ1n) is 13.4. The van der Waals surface area contributed by atoms with E-state index in [4.69, 9.17) is 0 Å². The van der Waals surface area contributed by atoms with E-state index in [2.05, 4.69) is 132 Å². The number of hydrogen-bond acceptors (Lipinski definition) is 2. The predicted octanol–water partition coefficient (Wildman–Crippen LogP) is 10.5. The number of fused-ring (bicyclic) bond motifs is 9. The zero-order chi connectivity index (χ0) is 25.5. The van der Waals surface area contributed by atoms with Crippen LogP contribution in [-0.2, 0) is 0 Å². The van der Waals surface area contributed by atoms with E-state index in [1.807, 2.05) is 23.1 Å². The van der Waals surface area contributed by atoms with Crippen molar-refractivity contribution < 1.29 is 0 Å². The first kappa shape index (κ1) is 21.8. The highest BCUT2D eigenvalue weighted by Crippen LogP contribution is 2.52. The van der Waals surface area contributed by atoms with Crippen molar-refractivity contribution in [2.75, 3.05) is 0 Å². The van der Waals surface area contributed by atoms with Gasteiger partial charge in [-0.1, -0.05) is 91.0 Å². The fraction of sp³-hybridized carbons (Fsp3) is 0.0556. The molecule has 184 valence electrons. The van der Waals surface area contributed by atoms with Gasteiger partial charge in [-0.3, -0.25) is 0 Å². The SMILES string of the molecule is C1=CC2c3ccccc3SC2C(n2c3ccccc3c3cc(-c4cccc5c4sc4ccccc45)ccc32)=C1. The summed E-state index contributed by atoms with van der Waals surface area (Å²) in [5.74, 6) is 0.409. The Morgan fingerprint density at radius 3 is 2.41 bits per heavy atom. The van der Waals surface area contributed by atoms with Crippen LogP contribution in [0.2, 0.25) is 0 Å². The molecule has 2 atom stereocenters. The maximum Gasteiger partial charge on any atom is 0.0604 e. The number of aromatic nitrogens is 1. The fourth-order valence-corrected chi connectivity index (χ4v) is 9.35. The zero-order valence-electron chi connectivity index (χ0n) is 21.0. The molecule has 39 heavy (non-hydrogen) atoms. The van der Waals surface area contributed by atoms with E-state index in [1.165, 1.54) is 69.3 Å². The van der Waals surface area contributed by atoms with E-state index in [9.17, 15) is 0 Å². The molecule has 0 amide bonds. The molecule has 0 spiro atoms. The monoisotopic (exact) mass is 533 g/mol. The van der Waals surface area contributed by atoms with Crippen molar-refractivity contribution in [1.82, 2.24) is 4.57 Å². The lowest BCUT2D eigenvalue weighted by molar-refractivity contribution is 0.863. The number of thioether (sulfide) groups is 1. The molecular weight excluding hydrogens is 511 g/mol. The van der Waals surface area contributed by atoms with Gasteiger partial charge in [0.25, 0.3) is 0 Å². The molecule has 2 aromatic heterocycles. The molecule has 0 fully saturated rings. The molecule has 1 aliphatic heterocycles. The van der Waals surface area contributed by atoms with Gasteiger partial charge in [-0.2, -0.15) is 0 Å². The van der Waals surface area contributed by atoms with Crippen LogP contribution in [0.1, 0.15) is 11.5 Å². The molecular formula is C36H23NS2. The molecule has 5 aromatic carbocycles. The molecule has 0 radical (unpaired) electrons. The van der Waals surface area contributed by atoms with Gasteiger partial charge in [-0.05, 0) is 53.1 Å². The number of hydrogen-bond donors (Lipinski definition) is 0. The summed E-state index contributed by atoms with van der Waals surface area (Å²) in [5.41, 5.74) is 7.97. The molecule has 1 aliphatic carbocycles. The van der Waals surface area contributed by atoms with Crippen LogP contribution < -0.4 is 0 Å². The Morgan fingerprint density at radius 1 is 0.641 bits per heavy atom. The number of para-hydroxylation sites is 1. The van der Waals surface area contributed by atoms with Gasteiger partial charge in [0.2, 0.25) is 0 Å². The van der Waals surface area contributed by atoms with Gasteiger partial charge in [-0.15, -0.1) is 23.1 Å². The van der Waals surface area contributed by atoms with E-state index < -0.39 is 0 Å². The summed E-state index contributed by atoms with van der Waals surface area (Å²) in [6, 6.07) is 40.4. The van der Waals surface area contributed by atoms with Gasteiger partial charge in [-0.25, -0.2) is 0 Å². The van der Waals surface area contributed by atoms with Gasteiger partial charge in [0.15, 0.2) is 0 Å². The van der Waals surface area contributed by atoms with Crippen molar-refractivity contribution in [3.05, 3.63) is 133 Å². The van der Waals surface area contributed by atoms with E-state index in [0.717, 1.165) is 0 Å². The predicted molar refractivity (Wildman–Crippen MR) is 170 cm³/mol. The lowest BCUT2D eigenvalue weighted by atomic mass is 9.90. The van der Waals surface area contributed by atoms with Crippen LogP contribution in [-0.4, -0.2) is 9.82 Å². The molecule has 7 aromatic rings. The van der Waals surface area contributed by atoms with Gasteiger partial charge in [0.05, 0.1) is 16.3 Å². The van der Waals surface area contributed by atoms with Gasteiger partial charge in [0, 0.05) is 47.5 Å². The summed E-state index contributed by atoms with van der Waals surface area (Å²) in [6.45, 7) is 0. The third-order valence-electron chi connectivity index (χ3n) is 8.38. The Kier molecular flexibility index (Phi) is 4.60. The molecule has 0 saturated heterocycles. The third kappa shape index (κ3) is 3.09. The summed E-state index contributed by atoms with van der Waals surface area (Å²) < 4.78 is 5.23. The highest BCUT2D eigenvalue weighted by atomic mass is 32.2. The van der Waals surface area contributed by atoms with Crippen LogP contribution in [0, 0.1) is 0 Å². The molecule has 2 aliphatic rings. The Hall–Kier alpha value is -4.05. The maximum atomic E-state index is 2.52. The highest BCUT2D eigenvalue weighted by molar-refractivity contribution is 8.00. The van der Waals surface area contributed by atoms with Gasteiger partial charge >= 0.3 is 0 Å². The molecule has 3 heteroatoms. The second-order valence-electron chi connectivity index (χ2n) is 10.4.